The van der Waals surface area contributed by atoms with E-state index in [1.165, 1.54) is 21.3 Å². The Balaban J connectivity index is 2.12. The van der Waals surface area contributed by atoms with Crippen molar-refractivity contribution in [2.45, 2.75) is 36.7 Å². The predicted octanol–water partition coefficient (Wildman–Crippen LogP) is 0.391. The Morgan fingerprint density at radius 3 is 2.16 bits per heavy atom. The van der Waals surface area contributed by atoms with Crippen LogP contribution in [0.4, 0.5) is 0 Å². The molecule has 0 aliphatic carbocycles. The molecule has 0 saturated carbocycles. The van der Waals surface area contributed by atoms with Crippen molar-refractivity contribution in [2.24, 2.45) is 0 Å². The summed E-state index contributed by atoms with van der Waals surface area (Å²) < 4.78 is 38.5. The van der Waals surface area contributed by atoms with Crippen LogP contribution in [0.15, 0.2) is 30.3 Å². The van der Waals surface area contributed by atoms with E-state index in [1.54, 1.807) is 44.6 Å². The number of carbonyl (C=O) groups is 2. The van der Waals surface area contributed by atoms with E-state index in [4.69, 9.17) is 33.2 Å². The van der Waals surface area contributed by atoms with Crippen molar-refractivity contribution in [3.05, 3.63) is 35.9 Å². The second-order valence-corrected chi connectivity index (χ2v) is 6.85. The summed E-state index contributed by atoms with van der Waals surface area (Å²) >= 11 is 0. The standard InChI is InChI=1S/C21H31NO9/c1-25-12-15-16(26-2)17(27-3)18(28-4)21(31-15)30-11-14(20(24)29-5)22-19(23)13-9-7-6-8-10-13/h6-10,14-18,21H,11-12H2,1-5H3,(H,22,23)/t14-,15+,16+,17-,18+,21-/m0/s1. The number of esters is 1. The Morgan fingerprint density at radius 1 is 0.968 bits per heavy atom. The van der Waals surface area contributed by atoms with E-state index in [2.05, 4.69) is 5.32 Å². The third-order valence-electron chi connectivity index (χ3n) is 4.99. The Bertz CT molecular complexity index is 687. The fraction of sp³-hybridized carbons (Fsp3) is 0.619. The summed E-state index contributed by atoms with van der Waals surface area (Å²) in [5.41, 5.74) is 0.405. The number of nitrogens with one attached hydrogen (secondary N) is 1. The van der Waals surface area contributed by atoms with Gasteiger partial charge in [-0.1, -0.05) is 18.2 Å². The summed E-state index contributed by atoms with van der Waals surface area (Å²) in [6.45, 7) is 0.0311. The van der Waals surface area contributed by atoms with Crippen LogP contribution in [0.5, 0.6) is 0 Å². The molecule has 1 aliphatic rings. The Labute approximate surface area is 182 Å². The lowest BCUT2D eigenvalue weighted by Gasteiger charge is -2.44. The SMILES string of the molecule is COC[C@H]1O[C@H](OC[C@H](NC(=O)c2ccccc2)C(=O)OC)[C@H](OC)[C@@H](OC)[C@@H]1OC. The molecule has 1 aromatic rings. The van der Waals surface area contributed by atoms with Crippen LogP contribution in [0.1, 0.15) is 10.4 Å². The number of benzene rings is 1. The summed E-state index contributed by atoms with van der Waals surface area (Å²) in [6.07, 6.45) is -3.01. The minimum atomic E-state index is -1.05. The van der Waals surface area contributed by atoms with Crippen molar-refractivity contribution >= 4 is 11.9 Å². The number of amides is 1. The van der Waals surface area contributed by atoms with Gasteiger partial charge >= 0.3 is 5.97 Å². The van der Waals surface area contributed by atoms with E-state index in [0.717, 1.165) is 0 Å². The lowest BCUT2D eigenvalue weighted by atomic mass is 9.98. The van der Waals surface area contributed by atoms with Crippen molar-refractivity contribution in [1.29, 1.82) is 0 Å². The number of rotatable bonds is 11. The van der Waals surface area contributed by atoms with E-state index in [-0.39, 0.29) is 13.2 Å². The lowest BCUT2D eigenvalue weighted by Crippen LogP contribution is -2.61. The third kappa shape index (κ3) is 6.45. The highest BCUT2D eigenvalue weighted by atomic mass is 16.7. The van der Waals surface area contributed by atoms with Crippen molar-refractivity contribution < 1.29 is 42.7 Å². The molecule has 1 fully saturated rings. The predicted molar refractivity (Wildman–Crippen MR) is 109 cm³/mol. The summed E-state index contributed by atoms with van der Waals surface area (Å²) in [4.78, 5) is 24.7. The average molecular weight is 441 g/mol. The Hall–Kier alpha value is -2.08. The molecule has 0 aromatic heterocycles. The molecular weight excluding hydrogens is 410 g/mol. The second-order valence-electron chi connectivity index (χ2n) is 6.85. The van der Waals surface area contributed by atoms with Gasteiger partial charge in [0.1, 0.15) is 24.4 Å². The van der Waals surface area contributed by atoms with Crippen LogP contribution in [-0.2, 0) is 38.0 Å². The van der Waals surface area contributed by atoms with E-state index in [0.29, 0.717) is 5.56 Å². The van der Waals surface area contributed by atoms with E-state index in [1.807, 2.05) is 0 Å². The van der Waals surface area contributed by atoms with Gasteiger partial charge in [-0.3, -0.25) is 4.79 Å². The van der Waals surface area contributed by atoms with Crippen LogP contribution in [-0.4, -0.2) is 97.4 Å². The first-order valence-electron chi connectivity index (χ1n) is 9.78. The maximum atomic E-state index is 12.5. The van der Waals surface area contributed by atoms with Crippen LogP contribution in [0.3, 0.4) is 0 Å². The summed E-state index contributed by atoms with van der Waals surface area (Å²) in [6, 6.07) is 7.47. The van der Waals surface area contributed by atoms with E-state index < -0.39 is 48.6 Å². The maximum absolute atomic E-state index is 12.5. The fourth-order valence-corrected chi connectivity index (χ4v) is 3.45. The van der Waals surface area contributed by atoms with Crippen molar-refractivity contribution in [2.75, 3.05) is 48.8 Å². The normalized spacial score (nSPS) is 26.8. The van der Waals surface area contributed by atoms with E-state index >= 15 is 0 Å². The molecule has 1 N–H and O–H groups in total. The molecule has 6 atom stereocenters. The summed E-state index contributed by atoms with van der Waals surface area (Å²) in [5.74, 6) is -1.08. The van der Waals surface area contributed by atoms with Crippen LogP contribution >= 0.6 is 0 Å². The number of carbonyl (C=O) groups excluding carboxylic acids is 2. The highest BCUT2D eigenvalue weighted by molar-refractivity contribution is 5.96. The molecule has 2 rings (SSSR count). The van der Waals surface area contributed by atoms with Gasteiger partial charge in [0.15, 0.2) is 12.3 Å². The van der Waals surface area contributed by atoms with Crippen LogP contribution in [0.2, 0.25) is 0 Å². The molecule has 1 heterocycles. The van der Waals surface area contributed by atoms with Crippen LogP contribution in [0, 0.1) is 0 Å². The third-order valence-corrected chi connectivity index (χ3v) is 4.99. The quantitative estimate of drug-likeness (QED) is 0.488. The maximum Gasteiger partial charge on any atom is 0.330 e. The minimum Gasteiger partial charge on any atom is -0.467 e. The number of hydrogen-bond donors (Lipinski definition) is 1. The van der Waals surface area contributed by atoms with E-state index in [9.17, 15) is 9.59 Å². The highest BCUT2D eigenvalue weighted by Gasteiger charge is 2.48. The van der Waals surface area contributed by atoms with Crippen LogP contribution in [0.25, 0.3) is 0 Å². The second kappa shape index (κ2) is 12.7. The van der Waals surface area contributed by atoms with Crippen molar-refractivity contribution in [1.82, 2.24) is 5.32 Å². The number of methoxy groups -OCH3 is 5. The largest absolute Gasteiger partial charge is 0.467 e. The molecule has 10 heteroatoms. The van der Waals surface area contributed by atoms with Gasteiger partial charge < -0.3 is 38.5 Å². The first kappa shape index (κ1) is 25.2. The van der Waals surface area contributed by atoms with Gasteiger partial charge in [-0.05, 0) is 12.1 Å². The molecule has 1 saturated heterocycles. The zero-order chi connectivity index (χ0) is 22.8. The first-order valence-corrected chi connectivity index (χ1v) is 9.78. The molecule has 10 nitrogen and oxygen atoms in total. The molecular formula is C21H31NO9. The van der Waals surface area contributed by atoms with Gasteiger partial charge in [0.25, 0.3) is 5.91 Å². The fourth-order valence-electron chi connectivity index (χ4n) is 3.45. The van der Waals surface area contributed by atoms with Crippen molar-refractivity contribution in [3.63, 3.8) is 0 Å². The van der Waals surface area contributed by atoms with Gasteiger partial charge in [-0.2, -0.15) is 0 Å². The lowest BCUT2D eigenvalue weighted by molar-refractivity contribution is -0.313. The van der Waals surface area contributed by atoms with Gasteiger partial charge in [0.05, 0.1) is 20.3 Å². The molecule has 0 radical (unpaired) electrons. The smallest absolute Gasteiger partial charge is 0.330 e. The van der Waals surface area contributed by atoms with Gasteiger partial charge in [-0.25, -0.2) is 4.79 Å². The van der Waals surface area contributed by atoms with Gasteiger partial charge in [-0.15, -0.1) is 0 Å². The van der Waals surface area contributed by atoms with Crippen molar-refractivity contribution in [3.8, 4) is 0 Å². The molecule has 0 unspecified atom stereocenters. The number of ether oxygens (including phenoxy) is 7. The average Bonchev–Trinajstić information content (AvgIpc) is 2.81. The monoisotopic (exact) mass is 441 g/mol. The first-order chi connectivity index (χ1) is 15.0. The summed E-state index contributed by atoms with van der Waals surface area (Å²) in [5, 5.41) is 2.62. The molecule has 0 bridgehead atoms. The molecule has 174 valence electrons. The Kier molecular flexibility index (Phi) is 10.3. The zero-order valence-electron chi connectivity index (χ0n) is 18.4. The topological polar surface area (TPSA) is 111 Å². The molecule has 0 spiro atoms. The van der Waals surface area contributed by atoms with Gasteiger partial charge in [0.2, 0.25) is 0 Å². The molecule has 1 amide bonds. The zero-order valence-corrected chi connectivity index (χ0v) is 18.4. The Morgan fingerprint density at radius 2 is 1.61 bits per heavy atom. The molecule has 1 aromatic carbocycles. The minimum absolute atomic E-state index is 0.205. The molecule has 1 aliphatic heterocycles. The van der Waals surface area contributed by atoms with Crippen LogP contribution < -0.4 is 5.32 Å². The number of hydrogen-bond acceptors (Lipinski definition) is 9. The molecule has 31 heavy (non-hydrogen) atoms. The highest BCUT2D eigenvalue weighted by Crippen LogP contribution is 2.28. The summed E-state index contributed by atoms with van der Waals surface area (Å²) in [7, 11) is 7.35. The van der Waals surface area contributed by atoms with Gasteiger partial charge in [0, 0.05) is 34.0 Å².